The summed E-state index contributed by atoms with van der Waals surface area (Å²) in [5.74, 6) is 0. The van der Waals surface area contributed by atoms with Crippen LogP contribution in [0.5, 0.6) is 0 Å². The predicted molar refractivity (Wildman–Crippen MR) is 60.3 cm³/mol. The Labute approximate surface area is 108 Å². The van der Waals surface area contributed by atoms with E-state index >= 15 is 0 Å². The van der Waals surface area contributed by atoms with Gasteiger partial charge in [0, 0.05) is 19.6 Å². The van der Waals surface area contributed by atoms with Crippen molar-refractivity contribution in [1.82, 2.24) is 5.32 Å². The summed E-state index contributed by atoms with van der Waals surface area (Å²) < 4.78 is 20.7. The second-order valence-corrected chi connectivity index (χ2v) is 3.56. The normalized spacial score (nSPS) is 12.1. The van der Waals surface area contributed by atoms with Crippen LogP contribution in [-0.4, -0.2) is 62.4 Å². The Bertz CT molecular complexity index is 140. The fourth-order valence-corrected chi connectivity index (χ4v) is 1.38. The minimum absolute atomic E-state index is 0. The van der Waals surface area contributed by atoms with E-state index in [2.05, 4.69) is 5.32 Å². The van der Waals surface area contributed by atoms with Gasteiger partial charge in [-0.05, 0) is 6.42 Å². The van der Waals surface area contributed by atoms with Crippen molar-refractivity contribution in [3.05, 3.63) is 0 Å². The van der Waals surface area contributed by atoms with Gasteiger partial charge < -0.3 is 20.1 Å². The Morgan fingerprint density at radius 3 is 2.50 bits per heavy atom. The fourth-order valence-electron chi connectivity index (χ4n) is 0.661. The van der Waals surface area contributed by atoms with Crippen LogP contribution in [0.3, 0.4) is 0 Å². The van der Waals surface area contributed by atoms with Crippen molar-refractivity contribution in [3.8, 4) is 0 Å². The van der Waals surface area contributed by atoms with E-state index in [1.165, 1.54) is 0 Å². The zero-order valence-corrected chi connectivity index (χ0v) is 9.04. The molecule has 0 heterocycles. The topological polar surface area (TPSA) is 73.6 Å². The third-order valence-electron chi connectivity index (χ3n) is 1.24. The van der Waals surface area contributed by atoms with Crippen molar-refractivity contribution < 1.29 is 13.6 Å². The van der Waals surface area contributed by atoms with Crippen LogP contribution in [0.4, 0.5) is 0 Å². The SMILES string of the molecule is CCCO[PH](=O)OCCNCCN.[NaH]. The molecule has 82 valence electrons. The van der Waals surface area contributed by atoms with Crippen molar-refractivity contribution >= 4 is 37.8 Å². The van der Waals surface area contributed by atoms with Crippen molar-refractivity contribution in [2.24, 2.45) is 5.73 Å². The van der Waals surface area contributed by atoms with Gasteiger partial charge in [-0.25, -0.2) is 0 Å². The molecule has 0 aliphatic heterocycles. The summed E-state index contributed by atoms with van der Waals surface area (Å²) in [6.07, 6.45) is 0.852. The summed E-state index contributed by atoms with van der Waals surface area (Å²) in [6.45, 7) is 4.86. The molecule has 0 aromatic heterocycles. The number of nitrogens with one attached hydrogen (secondary N) is 1. The van der Waals surface area contributed by atoms with E-state index < -0.39 is 8.25 Å². The van der Waals surface area contributed by atoms with Gasteiger partial charge in [0.05, 0.1) is 13.2 Å². The maximum absolute atomic E-state index is 10.9. The Balaban J connectivity index is 0. The molecule has 0 bridgehead atoms. The van der Waals surface area contributed by atoms with Crippen molar-refractivity contribution in [2.75, 3.05) is 32.8 Å². The van der Waals surface area contributed by atoms with Crippen LogP contribution >= 0.6 is 8.25 Å². The third kappa shape index (κ3) is 13.1. The molecule has 0 aromatic rings. The first-order valence-corrected chi connectivity index (χ1v) is 5.74. The van der Waals surface area contributed by atoms with Gasteiger partial charge in [0.25, 0.3) is 0 Å². The molecule has 3 N–H and O–H groups in total. The number of hydrogen-bond acceptors (Lipinski definition) is 5. The standard InChI is InChI=1S/C7H19N2O3P.Na.H/c1-2-6-11-13(10)12-7-5-9-4-3-8;;/h9,13H,2-8H2,1H3;;. The summed E-state index contributed by atoms with van der Waals surface area (Å²) >= 11 is 0. The molecule has 0 saturated heterocycles. The van der Waals surface area contributed by atoms with Crippen LogP contribution in [0.1, 0.15) is 13.3 Å². The van der Waals surface area contributed by atoms with E-state index in [4.69, 9.17) is 14.8 Å². The average molecular weight is 234 g/mol. The second kappa shape index (κ2) is 14.1. The molecule has 0 spiro atoms. The van der Waals surface area contributed by atoms with Crippen molar-refractivity contribution in [2.45, 2.75) is 13.3 Å². The van der Waals surface area contributed by atoms with Gasteiger partial charge in [-0.2, -0.15) is 0 Å². The molecule has 0 radical (unpaired) electrons. The third-order valence-corrected chi connectivity index (χ3v) is 2.12. The molecule has 0 rings (SSSR count). The summed E-state index contributed by atoms with van der Waals surface area (Å²) in [6, 6.07) is 0. The molecule has 0 saturated carbocycles. The molecule has 1 unspecified atom stereocenters. The molecule has 1 atom stereocenters. The molecule has 0 aliphatic rings. The van der Waals surface area contributed by atoms with E-state index in [0.29, 0.717) is 26.3 Å². The van der Waals surface area contributed by atoms with Crippen LogP contribution in [-0.2, 0) is 13.6 Å². The Morgan fingerprint density at radius 1 is 1.29 bits per heavy atom. The first-order valence-electron chi connectivity index (χ1n) is 4.51. The summed E-state index contributed by atoms with van der Waals surface area (Å²) in [5, 5.41) is 3.02. The van der Waals surface area contributed by atoms with Gasteiger partial charge in [0.2, 0.25) is 0 Å². The molecule has 0 fully saturated rings. The van der Waals surface area contributed by atoms with E-state index in [1.807, 2.05) is 6.92 Å². The number of rotatable bonds is 9. The van der Waals surface area contributed by atoms with Gasteiger partial charge in [-0.3, -0.25) is 4.57 Å². The van der Waals surface area contributed by atoms with Crippen LogP contribution in [0.15, 0.2) is 0 Å². The Kier molecular flexibility index (Phi) is 17.6. The zero-order valence-electron chi connectivity index (χ0n) is 8.04. The molecule has 0 amide bonds. The molecule has 5 nitrogen and oxygen atoms in total. The predicted octanol–water partition coefficient (Wildman–Crippen LogP) is -0.281. The number of hydrogen-bond donors (Lipinski definition) is 2. The van der Waals surface area contributed by atoms with E-state index in [1.54, 1.807) is 0 Å². The summed E-state index contributed by atoms with van der Waals surface area (Å²) in [4.78, 5) is 0. The zero-order chi connectivity index (χ0) is 9.94. The fraction of sp³-hybridized carbons (Fsp3) is 1.00. The molecule has 0 aromatic carbocycles. The minimum atomic E-state index is -2.26. The van der Waals surface area contributed by atoms with Crippen LogP contribution in [0, 0.1) is 0 Å². The molecule has 0 aliphatic carbocycles. The van der Waals surface area contributed by atoms with Crippen molar-refractivity contribution in [1.29, 1.82) is 0 Å². The summed E-state index contributed by atoms with van der Waals surface area (Å²) in [5.41, 5.74) is 5.25. The van der Waals surface area contributed by atoms with Gasteiger partial charge in [0.1, 0.15) is 0 Å². The van der Waals surface area contributed by atoms with Gasteiger partial charge in [0.15, 0.2) is 0 Å². The quantitative estimate of drug-likeness (QED) is 0.326. The first-order chi connectivity index (χ1) is 6.31. The average Bonchev–Trinajstić information content (AvgIpc) is 2.14. The summed E-state index contributed by atoms with van der Waals surface area (Å²) in [7, 11) is -2.26. The van der Waals surface area contributed by atoms with Gasteiger partial charge in [-0.1, -0.05) is 6.92 Å². The van der Waals surface area contributed by atoms with Crippen molar-refractivity contribution in [3.63, 3.8) is 0 Å². The maximum atomic E-state index is 10.9. The second-order valence-electron chi connectivity index (χ2n) is 2.49. The Hall–Kier alpha value is 1.07. The van der Waals surface area contributed by atoms with Gasteiger partial charge >= 0.3 is 37.8 Å². The van der Waals surface area contributed by atoms with Crippen LogP contribution in [0.2, 0.25) is 0 Å². The molecule has 7 heteroatoms. The first kappa shape index (κ1) is 17.5. The van der Waals surface area contributed by atoms with Gasteiger partial charge in [-0.15, -0.1) is 0 Å². The van der Waals surface area contributed by atoms with E-state index in [9.17, 15) is 4.57 Å². The Morgan fingerprint density at radius 2 is 1.93 bits per heavy atom. The molecular formula is C7H20N2NaO3P. The van der Waals surface area contributed by atoms with E-state index in [-0.39, 0.29) is 29.6 Å². The monoisotopic (exact) mass is 234 g/mol. The number of nitrogens with two attached hydrogens (primary N) is 1. The van der Waals surface area contributed by atoms with Crippen LogP contribution < -0.4 is 11.1 Å². The molecule has 14 heavy (non-hydrogen) atoms. The molecular weight excluding hydrogens is 214 g/mol. The van der Waals surface area contributed by atoms with Crippen LogP contribution in [0.25, 0.3) is 0 Å². The van der Waals surface area contributed by atoms with E-state index in [0.717, 1.165) is 13.0 Å².